The Labute approximate surface area is 138 Å². The number of hydrogen-bond donors (Lipinski definition) is 0. The molecule has 0 saturated heterocycles. The summed E-state index contributed by atoms with van der Waals surface area (Å²) in [5, 5.41) is 0.427. The molecule has 1 aromatic heterocycles. The van der Waals surface area contributed by atoms with Crippen molar-refractivity contribution in [2.24, 2.45) is 0 Å². The average molecular weight is 329 g/mol. The molecule has 6 heteroatoms. The zero-order valence-electron chi connectivity index (χ0n) is 12.3. The Morgan fingerprint density at radius 1 is 1.13 bits per heavy atom. The molecular formula is C17H13ClN2O3. The minimum absolute atomic E-state index is 0.223. The summed E-state index contributed by atoms with van der Waals surface area (Å²) in [5.74, 6) is -0.674. The van der Waals surface area contributed by atoms with E-state index in [1.165, 1.54) is 18.5 Å². The lowest BCUT2D eigenvalue weighted by Gasteiger charge is -2.27. The Balaban J connectivity index is 2.14. The zero-order valence-corrected chi connectivity index (χ0v) is 13.1. The number of pyridine rings is 1. The first-order valence-corrected chi connectivity index (χ1v) is 7.42. The Hall–Kier alpha value is -2.66. The molecule has 116 valence electrons. The van der Waals surface area contributed by atoms with Crippen LogP contribution in [0.15, 0.2) is 48.9 Å². The maximum Gasteiger partial charge on any atom is 0.270 e. The molecule has 0 aliphatic carbocycles. The zero-order chi connectivity index (χ0) is 16.4. The number of ether oxygens (including phenoxy) is 1. The third-order valence-electron chi connectivity index (χ3n) is 3.39. The molecule has 2 heterocycles. The first-order chi connectivity index (χ1) is 11.1. The SMILES string of the molecule is CCO/C=C1\C(=O)N(c2ccc(Cl)cn2)C(=O)c2ccccc21. The van der Waals surface area contributed by atoms with Gasteiger partial charge in [-0.2, -0.15) is 0 Å². The second-order valence-electron chi connectivity index (χ2n) is 4.81. The maximum absolute atomic E-state index is 12.8. The summed E-state index contributed by atoms with van der Waals surface area (Å²) in [7, 11) is 0. The second kappa shape index (κ2) is 6.22. The van der Waals surface area contributed by atoms with Gasteiger partial charge in [0.1, 0.15) is 5.82 Å². The lowest BCUT2D eigenvalue weighted by atomic mass is 9.94. The van der Waals surface area contributed by atoms with E-state index in [9.17, 15) is 9.59 Å². The van der Waals surface area contributed by atoms with Crippen molar-refractivity contribution in [1.82, 2.24) is 4.98 Å². The number of rotatable bonds is 3. The number of halogens is 1. The fraction of sp³-hybridized carbons (Fsp3) is 0.118. The van der Waals surface area contributed by atoms with Crippen LogP contribution in [0.3, 0.4) is 0 Å². The summed E-state index contributed by atoms with van der Waals surface area (Å²) in [6.07, 6.45) is 2.78. The quantitative estimate of drug-likeness (QED) is 0.493. The van der Waals surface area contributed by atoms with Crippen LogP contribution in [-0.2, 0) is 9.53 Å². The molecule has 0 N–H and O–H groups in total. The van der Waals surface area contributed by atoms with Gasteiger partial charge in [0.2, 0.25) is 0 Å². The smallest absolute Gasteiger partial charge is 0.270 e. The van der Waals surface area contributed by atoms with Crippen molar-refractivity contribution in [3.8, 4) is 0 Å². The molecule has 23 heavy (non-hydrogen) atoms. The van der Waals surface area contributed by atoms with Gasteiger partial charge in [-0.05, 0) is 25.1 Å². The molecule has 1 aliphatic heterocycles. The van der Waals surface area contributed by atoms with Gasteiger partial charge in [-0.3, -0.25) is 9.59 Å². The van der Waals surface area contributed by atoms with Crippen LogP contribution in [-0.4, -0.2) is 23.4 Å². The number of carbonyl (C=O) groups is 2. The van der Waals surface area contributed by atoms with E-state index in [1.807, 2.05) is 6.92 Å². The highest BCUT2D eigenvalue weighted by molar-refractivity contribution is 6.40. The number of fused-ring (bicyclic) bond motifs is 1. The molecule has 0 spiro atoms. The minimum Gasteiger partial charge on any atom is -0.501 e. The molecule has 3 rings (SSSR count). The van der Waals surface area contributed by atoms with Gasteiger partial charge in [0, 0.05) is 17.3 Å². The van der Waals surface area contributed by atoms with Crippen LogP contribution < -0.4 is 4.90 Å². The molecule has 1 aromatic carbocycles. The van der Waals surface area contributed by atoms with E-state index in [0.29, 0.717) is 28.3 Å². The van der Waals surface area contributed by atoms with Crippen LogP contribution in [0, 0.1) is 0 Å². The van der Waals surface area contributed by atoms with Crippen LogP contribution in [0.1, 0.15) is 22.8 Å². The van der Waals surface area contributed by atoms with Gasteiger partial charge in [-0.1, -0.05) is 29.8 Å². The predicted octanol–water partition coefficient (Wildman–Crippen LogP) is 3.30. The van der Waals surface area contributed by atoms with Gasteiger partial charge in [0.25, 0.3) is 11.8 Å². The topological polar surface area (TPSA) is 59.5 Å². The molecule has 0 atom stereocenters. The van der Waals surface area contributed by atoms with Gasteiger partial charge < -0.3 is 4.74 Å². The highest BCUT2D eigenvalue weighted by Crippen LogP contribution is 2.31. The van der Waals surface area contributed by atoms with E-state index in [2.05, 4.69) is 4.98 Å². The number of imide groups is 1. The van der Waals surface area contributed by atoms with Crippen molar-refractivity contribution >= 4 is 34.8 Å². The standard InChI is InChI=1S/C17H13ClN2O3/c1-2-23-10-14-12-5-3-4-6-13(12)16(21)20(17(14)22)15-8-7-11(18)9-19-15/h3-10H,2H2,1H3/b14-10-. The van der Waals surface area contributed by atoms with E-state index >= 15 is 0 Å². The fourth-order valence-corrected chi connectivity index (χ4v) is 2.45. The van der Waals surface area contributed by atoms with Crippen molar-refractivity contribution in [1.29, 1.82) is 0 Å². The number of nitrogens with zero attached hydrogens (tertiary/aromatic N) is 2. The Bertz CT molecular complexity index is 800. The molecular weight excluding hydrogens is 316 g/mol. The highest BCUT2D eigenvalue weighted by atomic mass is 35.5. The monoisotopic (exact) mass is 328 g/mol. The summed E-state index contributed by atoms with van der Waals surface area (Å²) in [6.45, 7) is 2.24. The number of anilines is 1. The molecule has 2 amide bonds. The summed E-state index contributed by atoms with van der Waals surface area (Å²) < 4.78 is 5.28. The molecule has 1 aliphatic rings. The Morgan fingerprint density at radius 3 is 2.52 bits per heavy atom. The first-order valence-electron chi connectivity index (χ1n) is 7.05. The van der Waals surface area contributed by atoms with Gasteiger partial charge >= 0.3 is 0 Å². The normalized spacial score (nSPS) is 15.7. The van der Waals surface area contributed by atoms with Crippen LogP contribution >= 0.6 is 11.6 Å². The van der Waals surface area contributed by atoms with Crippen molar-refractivity contribution in [3.05, 3.63) is 65.0 Å². The van der Waals surface area contributed by atoms with Crippen LogP contribution in [0.25, 0.3) is 5.57 Å². The van der Waals surface area contributed by atoms with Crippen molar-refractivity contribution in [2.75, 3.05) is 11.5 Å². The highest BCUT2D eigenvalue weighted by Gasteiger charge is 2.36. The molecule has 0 radical (unpaired) electrons. The molecule has 0 fully saturated rings. The number of benzene rings is 1. The average Bonchev–Trinajstić information content (AvgIpc) is 2.57. The maximum atomic E-state index is 12.8. The first kappa shape index (κ1) is 15.2. The summed E-state index contributed by atoms with van der Waals surface area (Å²) >= 11 is 5.82. The van der Waals surface area contributed by atoms with Gasteiger partial charge in [0.05, 0.1) is 23.5 Å². The fourth-order valence-electron chi connectivity index (χ4n) is 2.34. The lowest BCUT2D eigenvalue weighted by molar-refractivity contribution is -0.113. The van der Waals surface area contributed by atoms with Gasteiger partial charge in [0.15, 0.2) is 0 Å². The van der Waals surface area contributed by atoms with Crippen LogP contribution in [0.2, 0.25) is 5.02 Å². The van der Waals surface area contributed by atoms with Gasteiger partial charge in [-0.25, -0.2) is 9.88 Å². The van der Waals surface area contributed by atoms with E-state index in [1.54, 1.807) is 30.3 Å². The summed E-state index contributed by atoms with van der Waals surface area (Å²) in [4.78, 5) is 30.6. The number of amides is 2. The summed E-state index contributed by atoms with van der Waals surface area (Å²) in [5.41, 5.74) is 1.30. The molecule has 0 unspecified atom stereocenters. The minimum atomic E-state index is -0.475. The van der Waals surface area contributed by atoms with E-state index < -0.39 is 11.8 Å². The second-order valence-corrected chi connectivity index (χ2v) is 5.25. The Kier molecular flexibility index (Phi) is 4.12. The third kappa shape index (κ3) is 2.71. The van der Waals surface area contributed by atoms with Gasteiger partial charge in [-0.15, -0.1) is 0 Å². The molecule has 2 aromatic rings. The molecule has 0 bridgehead atoms. The van der Waals surface area contributed by atoms with Crippen LogP contribution in [0.4, 0.5) is 5.82 Å². The molecule has 0 saturated carbocycles. The summed E-state index contributed by atoms with van der Waals surface area (Å²) in [6, 6.07) is 10.0. The van der Waals surface area contributed by atoms with Crippen molar-refractivity contribution in [3.63, 3.8) is 0 Å². The van der Waals surface area contributed by atoms with Crippen molar-refractivity contribution < 1.29 is 14.3 Å². The number of carbonyl (C=O) groups excluding carboxylic acids is 2. The lowest BCUT2D eigenvalue weighted by Crippen LogP contribution is -2.42. The third-order valence-corrected chi connectivity index (χ3v) is 3.62. The number of aromatic nitrogens is 1. The van der Waals surface area contributed by atoms with E-state index in [0.717, 1.165) is 4.90 Å². The van der Waals surface area contributed by atoms with E-state index in [-0.39, 0.29) is 5.82 Å². The van der Waals surface area contributed by atoms with Crippen molar-refractivity contribution in [2.45, 2.75) is 6.92 Å². The predicted molar refractivity (Wildman–Crippen MR) is 87.1 cm³/mol. The molecule has 5 nitrogen and oxygen atoms in total. The van der Waals surface area contributed by atoms with E-state index in [4.69, 9.17) is 16.3 Å². The Morgan fingerprint density at radius 2 is 1.87 bits per heavy atom. The van der Waals surface area contributed by atoms with Crippen LogP contribution in [0.5, 0.6) is 0 Å². The number of hydrogen-bond acceptors (Lipinski definition) is 4. The largest absolute Gasteiger partial charge is 0.501 e.